The van der Waals surface area contributed by atoms with E-state index in [-0.39, 0.29) is 11.8 Å². The molecule has 1 heterocycles. The van der Waals surface area contributed by atoms with Crippen molar-refractivity contribution in [2.45, 2.75) is 40.0 Å². The maximum atomic E-state index is 12.8. The van der Waals surface area contributed by atoms with Crippen LogP contribution in [0.4, 0.5) is 0 Å². The Bertz CT molecular complexity index is 664. The van der Waals surface area contributed by atoms with Gasteiger partial charge in [0.05, 0.1) is 14.2 Å². The van der Waals surface area contributed by atoms with E-state index in [2.05, 4.69) is 12.2 Å². The number of piperidine rings is 1. The third-order valence-electron chi connectivity index (χ3n) is 5.32. The van der Waals surface area contributed by atoms with Gasteiger partial charge >= 0.3 is 0 Å². The maximum Gasteiger partial charge on any atom is 0.237 e. The lowest BCUT2D eigenvalue weighted by Crippen LogP contribution is -2.51. The van der Waals surface area contributed by atoms with Crippen molar-refractivity contribution >= 4 is 11.8 Å². The van der Waals surface area contributed by atoms with E-state index in [4.69, 9.17) is 9.47 Å². The first-order chi connectivity index (χ1) is 12.8. The minimum Gasteiger partial charge on any atom is -0.493 e. The second-order valence-corrected chi connectivity index (χ2v) is 7.79. The smallest absolute Gasteiger partial charge is 0.237 e. The number of hydrogen-bond acceptors (Lipinski definition) is 4. The fraction of sp³-hybridized carbons (Fsp3) is 0.619. The molecule has 2 amide bonds. The minimum atomic E-state index is -1.06. The Labute approximate surface area is 162 Å². The highest BCUT2D eigenvalue weighted by atomic mass is 16.5. The van der Waals surface area contributed by atoms with Crippen molar-refractivity contribution < 1.29 is 19.1 Å². The van der Waals surface area contributed by atoms with Gasteiger partial charge in [0, 0.05) is 19.6 Å². The van der Waals surface area contributed by atoms with Crippen LogP contribution in [0.5, 0.6) is 11.5 Å². The number of benzene rings is 1. The van der Waals surface area contributed by atoms with Gasteiger partial charge in [0.1, 0.15) is 5.41 Å². The fourth-order valence-corrected chi connectivity index (χ4v) is 3.28. The lowest BCUT2D eigenvalue weighted by atomic mass is 9.88. The van der Waals surface area contributed by atoms with E-state index >= 15 is 0 Å². The van der Waals surface area contributed by atoms with Crippen LogP contribution in [-0.2, 0) is 16.0 Å². The molecule has 0 aromatic heterocycles. The molecule has 2 rings (SSSR count). The van der Waals surface area contributed by atoms with E-state index in [1.807, 2.05) is 23.1 Å². The van der Waals surface area contributed by atoms with E-state index in [1.54, 1.807) is 28.1 Å². The first-order valence-corrected chi connectivity index (χ1v) is 9.58. The molecule has 0 saturated carbocycles. The number of carbonyl (C=O) groups excluding carboxylic acids is 2. The number of amides is 2. The van der Waals surface area contributed by atoms with Gasteiger partial charge in [-0.15, -0.1) is 0 Å². The van der Waals surface area contributed by atoms with Crippen molar-refractivity contribution in [3.8, 4) is 11.5 Å². The van der Waals surface area contributed by atoms with Gasteiger partial charge in [-0.1, -0.05) is 13.0 Å². The van der Waals surface area contributed by atoms with E-state index in [9.17, 15) is 9.59 Å². The molecule has 0 unspecified atom stereocenters. The van der Waals surface area contributed by atoms with Crippen molar-refractivity contribution in [1.29, 1.82) is 0 Å². The summed E-state index contributed by atoms with van der Waals surface area (Å²) in [4.78, 5) is 27.2. The number of rotatable bonds is 7. The Morgan fingerprint density at radius 1 is 1.15 bits per heavy atom. The lowest BCUT2D eigenvalue weighted by Gasteiger charge is -2.35. The normalized spacial score (nSPS) is 15.4. The quantitative estimate of drug-likeness (QED) is 0.743. The summed E-state index contributed by atoms with van der Waals surface area (Å²) >= 11 is 0. The van der Waals surface area contributed by atoms with Crippen LogP contribution in [0, 0.1) is 11.3 Å². The molecule has 1 fully saturated rings. The lowest BCUT2D eigenvalue weighted by molar-refractivity contribution is -0.149. The number of carbonyl (C=O) groups is 2. The standard InChI is InChI=1S/C21H32N2O4/c1-15-9-12-23(13-10-15)20(25)21(2,3)19(24)22-11-8-16-6-7-17(26-4)18(14-16)27-5/h6-7,14-15H,8-13H2,1-5H3,(H,22,24). The number of nitrogens with zero attached hydrogens (tertiary/aromatic N) is 1. The highest BCUT2D eigenvalue weighted by Crippen LogP contribution is 2.28. The molecule has 1 N–H and O–H groups in total. The Hall–Kier alpha value is -2.24. The minimum absolute atomic E-state index is 0.0852. The highest BCUT2D eigenvalue weighted by molar-refractivity contribution is 6.04. The predicted octanol–water partition coefficient (Wildman–Crippen LogP) is 2.65. The Morgan fingerprint density at radius 2 is 1.78 bits per heavy atom. The molecule has 1 aliphatic rings. The van der Waals surface area contributed by atoms with Crippen molar-refractivity contribution in [1.82, 2.24) is 10.2 Å². The van der Waals surface area contributed by atoms with Crippen molar-refractivity contribution in [2.24, 2.45) is 11.3 Å². The summed E-state index contributed by atoms with van der Waals surface area (Å²) in [6.45, 7) is 7.55. The molecule has 6 nitrogen and oxygen atoms in total. The predicted molar refractivity (Wildman–Crippen MR) is 105 cm³/mol. The van der Waals surface area contributed by atoms with Crippen LogP contribution < -0.4 is 14.8 Å². The van der Waals surface area contributed by atoms with Crippen LogP contribution in [0.15, 0.2) is 18.2 Å². The first-order valence-electron chi connectivity index (χ1n) is 9.58. The molecule has 27 heavy (non-hydrogen) atoms. The molecule has 0 atom stereocenters. The van der Waals surface area contributed by atoms with E-state index in [0.717, 1.165) is 31.5 Å². The zero-order valence-corrected chi connectivity index (χ0v) is 17.1. The molecule has 0 radical (unpaired) electrons. The number of likely N-dealkylation sites (tertiary alicyclic amines) is 1. The number of ether oxygens (including phenoxy) is 2. The first kappa shape index (κ1) is 21.1. The summed E-state index contributed by atoms with van der Waals surface area (Å²) in [6.07, 6.45) is 2.66. The summed E-state index contributed by atoms with van der Waals surface area (Å²) in [5, 5.41) is 2.91. The van der Waals surface area contributed by atoms with Gasteiger partial charge < -0.3 is 19.7 Å². The Morgan fingerprint density at radius 3 is 2.37 bits per heavy atom. The monoisotopic (exact) mass is 376 g/mol. The molecule has 0 aliphatic carbocycles. The molecule has 6 heteroatoms. The molecule has 1 aromatic carbocycles. The zero-order valence-electron chi connectivity index (χ0n) is 17.1. The van der Waals surface area contributed by atoms with Crippen LogP contribution in [0.3, 0.4) is 0 Å². The van der Waals surface area contributed by atoms with Gasteiger partial charge in [-0.05, 0) is 56.7 Å². The van der Waals surface area contributed by atoms with Crippen LogP contribution in [0.25, 0.3) is 0 Å². The number of hydrogen-bond donors (Lipinski definition) is 1. The molecule has 1 aliphatic heterocycles. The number of methoxy groups -OCH3 is 2. The Kier molecular flexibility index (Phi) is 7.11. The molecule has 1 aromatic rings. The largest absolute Gasteiger partial charge is 0.493 e. The second kappa shape index (κ2) is 9.11. The summed E-state index contributed by atoms with van der Waals surface area (Å²) in [5.41, 5.74) is -0.0276. The van der Waals surface area contributed by atoms with Gasteiger partial charge in [-0.2, -0.15) is 0 Å². The topological polar surface area (TPSA) is 67.9 Å². The van der Waals surface area contributed by atoms with E-state index in [1.165, 1.54) is 0 Å². The SMILES string of the molecule is COc1ccc(CCNC(=O)C(C)(C)C(=O)N2CCC(C)CC2)cc1OC. The average Bonchev–Trinajstić information content (AvgIpc) is 2.67. The van der Waals surface area contributed by atoms with Gasteiger partial charge in [-0.3, -0.25) is 9.59 Å². The molecule has 1 saturated heterocycles. The maximum absolute atomic E-state index is 12.8. The van der Waals surface area contributed by atoms with Crippen LogP contribution in [0.2, 0.25) is 0 Å². The highest BCUT2D eigenvalue weighted by Gasteiger charge is 2.39. The second-order valence-electron chi connectivity index (χ2n) is 7.79. The summed E-state index contributed by atoms with van der Waals surface area (Å²) in [7, 11) is 3.19. The third-order valence-corrected chi connectivity index (χ3v) is 5.32. The fourth-order valence-electron chi connectivity index (χ4n) is 3.28. The Balaban J connectivity index is 1.89. The van der Waals surface area contributed by atoms with Crippen molar-refractivity contribution in [2.75, 3.05) is 33.9 Å². The van der Waals surface area contributed by atoms with Gasteiger partial charge in [0.2, 0.25) is 11.8 Å². The third kappa shape index (κ3) is 5.15. The van der Waals surface area contributed by atoms with Gasteiger partial charge in [0.25, 0.3) is 0 Å². The van der Waals surface area contributed by atoms with Gasteiger partial charge in [-0.25, -0.2) is 0 Å². The van der Waals surface area contributed by atoms with Crippen LogP contribution in [0.1, 0.15) is 39.2 Å². The average molecular weight is 376 g/mol. The summed E-state index contributed by atoms with van der Waals surface area (Å²) in [6, 6.07) is 5.69. The van der Waals surface area contributed by atoms with E-state index in [0.29, 0.717) is 30.4 Å². The van der Waals surface area contributed by atoms with Crippen LogP contribution >= 0.6 is 0 Å². The van der Waals surface area contributed by atoms with E-state index < -0.39 is 5.41 Å². The van der Waals surface area contributed by atoms with Crippen molar-refractivity contribution in [3.63, 3.8) is 0 Å². The molecule has 0 bridgehead atoms. The van der Waals surface area contributed by atoms with Crippen LogP contribution in [-0.4, -0.2) is 50.6 Å². The number of nitrogens with one attached hydrogen (secondary N) is 1. The zero-order chi connectivity index (χ0) is 20.0. The molecule has 150 valence electrons. The van der Waals surface area contributed by atoms with Crippen molar-refractivity contribution in [3.05, 3.63) is 23.8 Å². The summed E-state index contributed by atoms with van der Waals surface area (Å²) < 4.78 is 10.5. The summed E-state index contributed by atoms with van der Waals surface area (Å²) in [5.74, 6) is 1.67. The van der Waals surface area contributed by atoms with Gasteiger partial charge in [0.15, 0.2) is 11.5 Å². The molecular formula is C21H32N2O4. The molecular weight excluding hydrogens is 344 g/mol. The molecule has 0 spiro atoms.